The number of hydrogen-bond donors (Lipinski definition) is 1. The standard InChI is InChI=1S/C12H14ClNO3/c1-3-17-8-7-14(12(15)16)11-6-4-5-10(13)9(11)2/h4-8H,3H2,1-2H3,(H,15,16)/b8-7+. The Labute approximate surface area is 105 Å². The number of halogens is 1. The second kappa shape index (κ2) is 6.15. The molecule has 0 unspecified atom stereocenters. The first-order valence-electron chi connectivity index (χ1n) is 5.13. The van der Waals surface area contributed by atoms with Gasteiger partial charge in [0.25, 0.3) is 0 Å². The first-order chi connectivity index (χ1) is 8.07. The van der Waals surface area contributed by atoms with E-state index in [2.05, 4.69) is 0 Å². The molecular weight excluding hydrogens is 242 g/mol. The van der Waals surface area contributed by atoms with Crippen LogP contribution in [0.3, 0.4) is 0 Å². The van der Waals surface area contributed by atoms with Crippen molar-refractivity contribution < 1.29 is 14.6 Å². The summed E-state index contributed by atoms with van der Waals surface area (Å²) < 4.78 is 4.99. The van der Waals surface area contributed by atoms with E-state index in [0.717, 1.165) is 4.90 Å². The Bertz CT molecular complexity index is 432. The quantitative estimate of drug-likeness (QED) is 0.836. The van der Waals surface area contributed by atoms with Crippen molar-refractivity contribution in [2.75, 3.05) is 11.5 Å². The molecule has 5 heteroatoms. The van der Waals surface area contributed by atoms with Gasteiger partial charge in [-0.25, -0.2) is 9.69 Å². The highest BCUT2D eigenvalue weighted by atomic mass is 35.5. The highest BCUT2D eigenvalue weighted by molar-refractivity contribution is 6.31. The Hall–Kier alpha value is -1.68. The minimum absolute atomic E-state index is 0.485. The summed E-state index contributed by atoms with van der Waals surface area (Å²) in [5.41, 5.74) is 1.22. The Morgan fingerprint density at radius 2 is 2.29 bits per heavy atom. The Balaban J connectivity index is 3.06. The van der Waals surface area contributed by atoms with Gasteiger partial charge in [-0.3, -0.25) is 0 Å². The van der Waals surface area contributed by atoms with Crippen LogP contribution in [0, 0.1) is 6.92 Å². The minimum atomic E-state index is -1.09. The van der Waals surface area contributed by atoms with Gasteiger partial charge in [-0.1, -0.05) is 17.7 Å². The number of amides is 1. The van der Waals surface area contributed by atoms with Crippen LogP contribution in [0.2, 0.25) is 5.02 Å². The largest absolute Gasteiger partial charge is 0.500 e. The molecule has 0 saturated heterocycles. The maximum Gasteiger partial charge on any atom is 0.416 e. The van der Waals surface area contributed by atoms with Gasteiger partial charge in [0.1, 0.15) is 0 Å². The predicted octanol–water partition coefficient (Wildman–Crippen LogP) is 3.64. The number of ether oxygens (including phenoxy) is 1. The van der Waals surface area contributed by atoms with Crippen LogP contribution in [-0.4, -0.2) is 17.8 Å². The van der Waals surface area contributed by atoms with Crippen molar-refractivity contribution in [3.05, 3.63) is 41.2 Å². The molecule has 0 atom stereocenters. The van der Waals surface area contributed by atoms with Crippen molar-refractivity contribution in [3.8, 4) is 0 Å². The van der Waals surface area contributed by atoms with Crippen LogP contribution in [0.15, 0.2) is 30.7 Å². The molecular formula is C12H14ClNO3. The van der Waals surface area contributed by atoms with Gasteiger partial charge in [0.15, 0.2) is 0 Å². The fourth-order valence-corrected chi connectivity index (χ4v) is 1.47. The lowest BCUT2D eigenvalue weighted by Gasteiger charge is -2.17. The molecule has 0 aliphatic heterocycles. The van der Waals surface area contributed by atoms with E-state index in [4.69, 9.17) is 21.4 Å². The van der Waals surface area contributed by atoms with E-state index >= 15 is 0 Å². The van der Waals surface area contributed by atoms with Gasteiger partial charge >= 0.3 is 6.09 Å². The van der Waals surface area contributed by atoms with Crippen LogP contribution in [-0.2, 0) is 4.74 Å². The van der Waals surface area contributed by atoms with E-state index < -0.39 is 6.09 Å². The summed E-state index contributed by atoms with van der Waals surface area (Å²) in [5.74, 6) is 0. The van der Waals surface area contributed by atoms with Gasteiger partial charge in [0, 0.05) is 5.02 Å². The van der Waals surface area contributed by atoms with Crippen LogP contribution < -0.4 is 4.90 Å². The lowest BCUT2D eigenvalue weighted by molar-refractivity contribution is 0.203. The van der Waals surface area contributed by atoms with Crippen LogP contribution >= 0.6 is 11.6 Å². The molecule has 92 valence electrons. The Morgan fingerprint density at radius 1 is 1.59 bits per heavy atom. The maximum atomic E-state index is 11.1. The second-order valence-electron chi connectivity index (χ2n) is 3.28. The normalized spacial score (nSPS) is 10.5. The molecule has 0 fully saturated rings. The maximum absolute atomic E-state index is 11.1. The highest BCUT2D eigenvalue weighted by Gasteiger charge is 2.14. The zero-order chi connectivity index (χ0) is 12.8. The van der Waals surface area contributed by atoms with Crippen molar-refractivity contribution in [3.63, 3.8) is 0 Å². The molecule has 1 N–H and O–H groups in total. The Morgan fingerprint density at radius 3 is 2.88 bits per heavy atom. The highest BCUT2D eigenvalue weighted by Crippen LogP contribution is 2.26. The SMILES string of the molecule is CCO/C=C/N(C(=O)O)c1cccc(Cl)c1C. The van der Waals surface area contributed by atoms with E-state index in [1.54, 1.807) is 25.1 Å². The number of anilines is 1. The molecule has 0 spiro atoms. The van der Waals surface area contributed by atoms with Crippen molar-refractivity contribution in [1.82, 2.24) is 0 Å². The summed E-state index contributed by atoms with van der Waals surface area (Å²) in [6, 6.07) is 5.10. The van der Waals surface area contributed by atoms with Gasteiger partial charge in [0.05, 0.1) is 24.8 Å². The summed E-state index contributed by atoms with van der Waals surface area (Å²) in [7, 11) is 0. The first kappa shape index (κ1) is 13.4. The molecule has 0 saturated carbocycles. The molecule has 0 aromatic heterocycles. The van der Waals surface area contributed by atoms with Crippen molar-refractivity contribution in [2.45, 2.75) is 13.8 Å². The second-order valence-corrected chi connectivity index (χ2v) is 3.68. The lowest BCUT2D eigenvalue weighted by Crippen LogP contribution is -2.23. The van der Waals surface area contributed by atoms with Gasteiger partial charge in [-0.05, 0) is 31.5 Å². The van der Waals surface area contributed by atoms with Crippen LogP contribution in [0.5, 0.6) is 0 Å². The molecule has 0 bridgehead atoms. The fraction of sp³-hybridized carbons (Fsp3) is 0.250. The number of nitrogens with zero attached hydrogens (tertiary/aromatic N) is 1. The molecule has 0 radical (unpaired) electrons. The summed E-state index contributed by atoms with van der Waals surface area (Å²) in [4.78, 5) is 12.2. The number of rotatable bonds is 4. The zero-order valence-corrected chi connectivity index (χ0v) is 10.4. The molecule has 1 aromatic rings. The smallest absolute Gasteiger partial charge is 0.416 e. The third-order valence-electron chi connectivity index (χ3n) is 2.18. The molecule has 0 heterocycles. The monoisotopic (exact) mass is 255 g/mol. The fourth-order valence-electron chi connectivity index (χ4n) is 1.30. The summed E-state index contributed by atoms with van der Waals surface area (Å²) in [6.07, 6.45) is 1.60. The van der Waals surface area contributed by atoms with Crippen LogP contribution in [0.25, 0.3) is 0 Å². The molecule has 17 heavy (non-hydrogen) atoms. The van der Waals surface area contributed by atoms with Gasteiger partial charge in [-0.2, -0.15) is 0 Å². The summed E-state index contributed by atoms with van der Waals surface area (Å²) in [6.45, 7) is 4.07. The molecule has 4 nitrogen and oxygen atoms in total. The number of hydrogen-bond acceptors (Lipinski definition) is 2. The average Bonchev–Trinajstić information content (AvgIpc) is 2.29. The van der Waals surface area contributed by atoms with E-state index in [0.29, 0.717) is 22.9 Å². The van der Waals surface area contributed by atoms with Gasteiger partial charge in [0.2, 0.25) is 0 Å². The van der Waals surface area contributed by atoms with E-state index in [9.17, 15) is 4.79 Å². The average molecular weight is 256 g/mol. The van der Waals surface area contributed by atoms with Crippen molar-refractivity contribution >= 4 is 23.4 Å². The number of carbonyl (C=O) groups is 1. The molecule has 1 aromatic carbocycles. The predicted molar refractivity (Wildman–Crippen MR) is 67.5 cm³/mol. The lowest BCUT2D eigenvalue weighted by atomic mass is 10.2. The van der Waals surface area contributed by atoms with Crippen molar-refractivity contribution in [2.24, 2.45) is 0 Å². The third-order valence-corrected chi connectivity index (χ3v) is 2.59. The van der Waals surface area contributed by atoms with Gasteiger partial charge < -0.3 is 9.84 Å². The summed E-state index contributed by atoms with van der Waals surface area (Å²) in [5, 5.41) is 9.64. The number of benzene rings is 1. The molecule has 1 amide bonds. The van der Waals surface area contributed by atoms with E-state index in [-0.39, 0.29) is 0 Å². The Kier molecular flexibility index (Phi) is 4.84. The topological polar surface area (TPSA) is 49.8 Å². The van der Waals surface area contributed by atoms with E-state index in [1.165, 1.54) is 12.5 Å². The number of carboxylic acid groups (broad SMARTS) is 1. The summed E-state index contributed by atoms with van der Waals surface area (Å²) >= 11 is 5.95. The van der Waals surface area contributed by atoms with Crippen molar-refractivity contribution in [1.29, 1.82) is 0 Å². The molecule has 0 aliphatic rings. The minimum Gasteiger partial charge on any atom is -0.500 e. The van der Waals surface area contributed by atoms with Crippen LogP contribution in [0.4, 0.5) is 10.5 Å². The first-order valence-corrected chi connectivity index (χ1v) is 5.51. The van der Waals surface area contributed by atoms with Crippen LogP contribution in [0.1, 0.15) is 12.5 Å². The zero-order valence-electron chi connectivity index (χ0n) is 9.68. The molecule has 0 aliphatic carbocycles. The third kappa shape index (κ3) is 3.39. The molecule has 1 rings (SSSR count). The van der Waals surface area contributed by atoms with Gasteiger partial charge in [-0.15, -0.1) is 0 Å². The van der Waals surface area contributed by atoms with E-state index in [1.807, 2.05) is 6.92 Å².